The van der Waals surface area contributed by atoms with Crippen LogP contribution in [0.3, 0.4) is 0 Å². The number of nitrogens with one attached hydrogen (secondary N) is 2. The van der Waals surface area contributed by atoms with E-state index in [9.17, 15) is 9.59 Å². The predicted molar refractivity (Wildman–Crippen MR) is 105 cm³/mol. The molecule has 9 nitrogen and oxygen atoms in total. The first kappa shape index (κ1) is 20.9. The first-order chi connectivity index (χ1) is 13.1. The highest BCUT2D eigenvalue weighted by Gasteiger charge is 2.13. The van der Waals surface area contributed by atoms with Gasteiger partial charge in [-0.3, -0.25) is 9.59 Å². The molecule has 0 bridgehead atoms. The molecule has 0 aliphatic heterocycles. The summed E-state index contributed by atoms with van der Waals surface area (Å²) in [4.78, 5) is 32.2. The highest BCUT2D eigenvalue weighted by atomic mass is 32.2. The van der Waals surface area contributed by atoms with Crippen LogP contribution >= 0.6 is 11.8 Å². The zero-order valence-corrected chi connectivity index (χ0v) is 16.8. The van der Waals surface area contributed by atoms with Gasteiger partial charge in [-0.15, -0.1) is 0 Å². The molecule has 2 aromatic heterocycles. The highest BCUT2D eigenvalue weighted by molar-refractivity contribution is 7.98. The highest BCUT2D eigenvalue weighted by Crippen LogP contribution is 2.23. The molecule has 0 atom stereocenters. The third kappa shape index (κ3) is 6.09. The van der Waals surface area contributed by atoms with E-state index in [0.29, 0.717) is 24.9 Å². The Balaban J connectivity index is 1.96. The number of esters is 1. The molecule has 148 valence electrons. The van der Waals surface area contributed by atoms with Crippen LogP contribution in [0.15, 0.2) is 11.4 Å². The fourth-order valence-electron chi connectivity index (χ4n) is 2.41. The summed E-state index contributed by atoms with van der Waals surface area (Å²) >= 11 is 1.47. The van der Waals surface area contributed by atoms with Gasteiger partial charge in [-0.25, -0.2) is 14.6 Å². The Morgan fingerprint density at radius 1 is 1.22 bits per heavy atom. The molecule has 0 aliphatic carbocycles. The van der Waals surface area contributed by atoms with Crippen molar-refractivity contribution in [1.82, 2.24) is 25.1 Å². The molecule has 0 saturated carbocycles. The minimum atomic E-state index is -0.362. The first-order valence-electron chi connectivity index (χ1n) is 9.02. The summed E-state index contributed by atoms with van der Waals surface area (Å²) in [6.45, 7) is 5.85. The molecule has 2 heterocycles. The van der Waals surface area contributed by atoms with Gasteiger partial charge < -0.3 is 15.4 Å². The molecule has 2 N–H and O–H groups in total. The van der Waals surface area contributed by atoms with E-state index < -0.39 is 0 Å². The third-order valence-electron chi connectivity index (χ3n) is 3.71. The second-order valence-electron chi connectivity index (χ2n) is 5.75. The van der Waals surface area contributed by atoms with Crippen molar-refractivity contribution in [3.8, 4) is 0 Å². The number of fused-ring (bicyclic) bond motifs is 1. The van der Waals surface area contributed by atoms with Crippen molar-refractivity contribution in [1.29, 1.82) is 0 Å². The zero-order chi connectivity index (χ0) is 19.6. The molecule has 10 heteroatoms. The van der Waals surface area contributed by atoms with Gasteiger partial charge in [0, 0.05) is 19.5 Å². The van der Waals surface area contributed by atoms with Gasteiger partial charge in [0.25, 0.3) is 0 Å². The fourth-order valence-corrected chi connectivity index (χ4v) is 2.77. The van der Waals surface area contributed by atoms with Crippen LogP contribution in [0.4, 0.5) is 5.82 Å². The Bertz CT molecular complexity index is 779. The van der Waals surface area contributed by atoms with E-state index in [2.05, 4.69) is 32.6 Å². The van der Waals surface area contributed by atoms with Gasteiger partial charge in [-0.1, -0.05) is 18.7 Å². The minimum absolute atomic E-state index is 0.0845. The number of anilines is 1. The Labute approximate surface area is 162 Å². The molecule has 0 fully saturated rings. The standard InChI is InChI=1S/C17H26N6O3S/c1-4-8-19-15-12-11-20-23(16(12)22-17(21-15)27-3)10-9-18-13(24)6-7-14(25)26-5-2/h11H,4-10H2,1-3H3,(H,18,24)(H,19,21,22). The molecular formula is C17H26N6O3S. The minimum Gasteiger partial charge on any atom is -0.466 e. The topological polar surface area (TPSA) is 111 Å². The number of rotatable bonds is 11. The summed E-state index contributed by atoms with van der Waals surface area (Å²) < 4.78 is 6.56. The maximum Gasteiger partial charge on any atom is 0.306 e. The van der Waals surface area contributed by atoms with Crippen molar-refractivity contribution in [2.24, 2.45) is 0 Å². The summed E-state index contributed by atoms with van der Waals surface area (Å²) in [5.41, 5.74) is 0.730. The zero-order valence-electron chi connectivity index (χ0n) is 15.9. The Kier molecular flexibility index (Phi) is 8.31. The lowest BCUT2D eigenvalue weighted by Gasteiger charge is -2.09. The van der Waals surface area contributed by atoms with Gasteiger partial charge in [0.1, 0.15) is 5.82 Å². The summed E-state index contributed by atoms with van der Waals surface area (Å²) in [6, 6.07) is 0. The van der Waals surface area contributed by atoms with E-state index in [1.165, 1.54) is 11.8 Å². The number of hydrogen-bond acceptors (Lipinski definition) is 8. The number of carbonyl (C=O) groups is 2. The summed E-state index contributed by atoms with van der Waals surface area (Å²) in [6.07, 6.45) is 4.85. The van der Waals surface area contributed by atoms with Gasteiger partial charge in [0.05, 0.1) is 31.2 Å². The van der Waals surface area contributed by atoms with Crippen LogP contribution < -0.4 is 10.6 Å². The molecule has 0 saturated heterocycles. The second kappa shape index (κ2) is 10.7. The van der Waals surface area contributed by atoms with Crippen molar-refractivity contribution >= 4 is 40.5 Å². The van der Waals surface area contributed by atoms with Gasteiger partial charge in [-0.05, 0) is 19.6 Å². The lowest BCUT2D eigenvalue weighted by Crippen LogP contribution is -2.28. The van der Waals surface area contributed by atoms with Gasteiger partial charge in [0.2, 0.25) is 5.91 Å². The van der Waals surface area contributed by atoms with Crippen molar-refractivity contribution in [3.63, 3.8) is 0 Å². The summed E-state index contributed by atoms with van der Waals surface area (Å²) in [5.74, 6) is 0.222. The number of nitrogens with zero attached hydrogens (tertiary/aromatic N) is 4. The lowest BCUT2D eigenvalue weighted by molar-refractivity contribution is -0.144. The van der Waals surface area contributed by atoms with Crippen LogP contribution in [0.25, 0.3) is 11.0 Å². The maximum atomic E-state index is 11.8. The Hall–Kier alpha value is -2.36. The first-order valence-corrected chi connectivity index (χ1v) is 10.2. The van der Waals surface area contributed by atoms with E-state index >= 15 is 0 Å². The lowest BCUT2D eigenvalue weighted by atomic mass is 10.3. The number of thioether (sulfide) groups is 1. The van der Waals surface area contributed by atoms with E-state index in [1.807, 2.05) is 6.26 Å². The number of hydrogen-bond donors (Lipinski definition) is 2. The molecule has 0 aromatic carbocycles. The van der Waals surface area contributed by atoms with E-state index in [0.717, 1.165) is 29.8 Å². The SMILES string of the molecule is CCCNc1nc(SC)nc2c1cnn2CCNC(=O)CCC(=O)OCC. The number of aromatic nitrogens is 4. The monoisotopic (exact) mass is 394 g/mol. The van der Waals surface area contributed by atoms with Crippen LogP contribution in [-0.2, 0) is 20.9 Å². The third-order valence-corrected chi connectivity index (χ3v) is 4.26. The Morgan fingerprint density at radius 3 is 2.74 bits per heavy atom. The summed E-state index contributed by atoms with van der Waals surface area (Å²) in [7, 11) is 0. The van der Waals surface area contributed by atoms with Crippen LogP contribution in [0.5, 0.6) is 0 Å². The number of carbonyl (C=O) groups excluding carboxylic acids is 2. The summed E-state index contributed by atoms with van der Waals surface area (Å²) in [5, 5.41) is 12.0. The van der Waals surface area contributed by atoms with Crippen LogP contribution in [-0.4, -0.2) is 57.6 Å². The largest absolute Gasteiger partial charge is 0.466 e. The van der Waals surface area contributed by atoms with E-state index in [1.54, 1.807) is 17.8 Å². The van der Waals surface area contributed by atoms with Crippen LogP contribution in [0.2, 0.25) is 0 Å². The second-order valence-corrected chi connectivity index (χ2v) is 6.52. The van der Waals surface area contributed by atoms with Gasteiger partial charge in [-0.2, -0.15) is 5.10 Å². The fraction of sp³-hybridized carbons (Fsp3) is 0.588. The average molecular weight is 395 g/mol. The number of amides is 1. The molecule has 2 rings (SSSR count). The normalized spacial score (nSPS) is 10.8. The molecule has 0 unspecified atom stereocenters. The number of ether oxygens (including phenoxy) is 1. The quantitative estimate of drug-likeness (QED) is 0.337. The average Bonchev–Trinajstić information content (AvgIpc) is 3.07. The van der Waals surface area contributed by atoms with Crippen molar-refractivity contribution in [2.45, 2.75) is 44.8 Å². The van der Waals surface area contributed by atoms with Gasteiger partial charge in [0.15, 0.2) is 10.8 Å². The van der Waals surface area contributed by atoms with Crippen LogP contribution in [0.1, 0.15) is 33.1 Å². The molecule has 27 heavy (non-hydrogen) atoms. The maximum absolute atomic E-state index is 11.8. The molecule has 0 radical (unpaired) electrons. The van der Waals surface area contributed by atoms with Crippen molar-refractivity contribution in [2.75, 3.05) is 31.3 Å². The van der Waals surface area contributed by atoms with Gasteiger partial charge >= 0.3 is 5.97 Å². The molecule has 0 spiro atoms. The van der Waals surface area contributed by atoms with E-state index in [4.69, 9.17) is 4.74 Å². The van der Waals surface area contributed by atoms with Crippen molar-refractivity contribution < 1.29 is 14.3 Å². The molecule has 1 amide bonds. The molecular weight excluding hydrogens is 368 g/mol. The van der Waals surface area contributed by atoms with Crippen LogP contribution in [0, 0.1) is 0 Å². The Morgan fingerprint density at radius 2 is 2.04 bits per heavy atom. The molecule has 2 aromatic rings. The smallest absolute Gasteiger partial charge is 0.306 e. The van der Waals surface area contributed by atoms with E-state index in [-0.39, 0.29) is 24.7 Å². The predicted octanol–water partition coefficient (Wildman–Crippen LogP) is 1.83. The molecule has 0 aliphatic rings. The van der Waals surface area contributed by atoms with Crippen molar-refractivity contribution in [3.05, 3.63) is 6.20 Å².